The Hall–Kier alpha value is -0.230. The van der Waals surface area contributed by atoms with E-state index in [1.165, 1.54) is 52.1 Å². The van der Waals surface area contributed by atoms with E-state index in [1.807, 2.05) is 0 Å². The Morgan fingerprint density at radius 1 is 1.22 bits per heavy atom. The number of likely N-dealkylation sites (N-methyl/N-ethyl adjacent to an activating group) is 1. The number of nitrogens with zero attached hydrogens (tertiary/aromatic N) is 3. The van der Waals surface area contributed by atoms with Crippen LogP contribution in [-0.4, -0.2) is 78.6 Å². The van der Waals surface area contributed by atoms with Gasteiger partial charge in [0.05, 0.1) is 4.99 Å². The molecule has 0 amide bonds. The Balaban J connectivity index is 1.67. The third-order valence-corrected chi connectivity index (χ3v) is 4.21. The molecule has 2 fully saturated rings. The van der Waals surface area contributed by atoms with E-state index in [2.05, 4.69) is 21.7 Å². The summed E-state index contributed by atoms with van der Waals surface area (Å²) in [5.74, 6) is 0. The molecule has 1 heterocycles. The number of hydrogen-bond acceptors (Lipinski definition) is 4. The molecule has 0 unspecified atom stereocenters. The topological polar surface area (TPSA) is 35.7 Å². The normalized spacial score (nSPS) is 22.6. The molecule has 2 N–H and O–H groups in total. The van der Waals surface area contributed by atoms with Crippen LogP contribution in [0.15, 0.2) is 0 Å². The van der Waals surface area contributed by atoms with Crippen molar-refractivity contribution in [2.24, 2.45) is 5.73 Å². The Bertz CT molecular complexity index is 272. The largest absolute Gasteiger partial charge is 0.393 e. The standard InChI is InChI=1S/C13H26N4S/c1-15-6-8-16(9-7-15)10-11-17(12-2-3-12)5-4-13(14)18/h12H,2-11H2,1H3,(H2,14,18). The summed E-state index contributed by atoms with van der Waals surface area (Å²) in [6, 6.07) is 0.812. The first-order valence-corrected chi connectivity index (χ1v) is 7.49. The van der Waals surface area contributed by atoms with E-state index in [-0.39, 0.29) is 0 Å². The molecule has 5 heteroatoms. The molecule has 0 bridgehead atoms. The molecule has 0 atom stereocenters. The Morgan fingerprint density at radius 2 is 1.89 bits per heavy atom. The highest BCUT2D eigenvalue weighted by Gasteiger charge is 2.28. The molecule has 0 spiro atoms. The van der Waals surface area contributed by atoms with Gasteiger partial charge in [-0.15, -0.1) is 0 Å². The van der Waals surface area contributed by atoms with Crippen LogP contribution in [0.3, 0.4) is 0 Å². The van der Waals surface area contributed by atoms with E-state index in [1.54, 1.807) is 0 Å². The van der Waals surface area contributed by atoms with E-state index in [0.29, 0.717) is 4.99 Å². The van der Waals surface area contributed by atoms with Crippen molar-refractivity contribution in [1.29, 1.82) is 0 Å². The second kappa shape index (κ2) is 6.80. The van der Waals surface area contributed by atoms with Crippen molar-refractivity contribution < 1.29 is 0 Å². The van der Waals surface area contributed by atoms with Crippen LogP contribution in [0.2, 0.25) is 0 Å². The minimum Gasteiger partial charge on any atom is -0.393 e. The summed E-state index contributed by atoms with van der Waals surface area (Å²) in [7, 11) is 2.20. The zero-order valence-electron chi connectivity index (χ0n) is 11.5. The lowest BCUT2D eigenvalue weighted by Crippen LogP contribution is -2.47. The maximum atomic E-state index is 5.60. The van der Waals surface area contributed by atoms with Crippen LogP contribution in [0.1, 0.15) is 19.3 Å². The molecule has 4 nitrogen and oxygen atoms in total. The van der Waals surface area contributed by atoms with Gasteiger partial charge in [-0.3, -0.25) is 9.80 Å². The van der Waals surface area contributed by atoms with E-state index < -0.39 is 0 Å². The van der Waals surface area contributed by atoms with E-state index in [4.69, 9.17) is 18.0 Å². The molecule has 0 aromatic carbocycles. The van der Waals surface area contributed by atoms with Crippen LogP contribution in [0.5, 0.6) is 0 Å². The van der Waals surface area contributed by atoms with Gasteiger partial charge in [-0.1, -0.05) is 12.2 Å². The molecule has 1 saturated heterocycles. The van der Waals surface area contributed by atoms with Gasteiger partial charge in [-0.25, -0.2) is 0 Å². The molecule has 104 valence electrons. The van der Waals surface area contributed by atoms with Crippen molar-refractivity contribution in [3.8, 4) is 0 Å². The minimum absolute atomic E-state index is 0.653. The summed E-state index contributed by atoms with van der Waals surface area (Å²) in [5, 5.41) is 0. The first-order valence-electron chi connectivity index (χ1n) is 7.08. The lowest BCUT2D eigenvalue weighted by atomic mass is 10.3. The van der Waals surface area contributed by atoms with Crippen molar-refractivity contribution in [1.82, 2.24) is 14.7 Å². The summed E-state index contributed by atoms with van der Waals surface area (Å²) in [4.78, 5) is 8.22. The number of nitrogens with two attached hydrogens (primary N) is 1. The van der Waals surface area contributed by atoms with Crippen molar-refractivity contribution >= 4 is 17.2 Å². The van der Waals surface area contributed by atoms with Crippen molar-refractivity contribution in [2.45, 2.75) is 25.3 Å². The average Bonchev–Trinajstić information content (AvgIpc) is 3.15. The van der Waals surface area contributed by atoms with Crippen molar-refractivity contribution in [3.05, 3.63) is 0 Å². The highest BCUT2D eigenvalue weighted by molar-refractivity contribution is 7.80. The summed E-state index contributed by atoms with van der Waals surface area (Å²) in [6.07, 6.45) is 3.59. The van der Waals surface area contributed by atoms with E-state index in [0.717, 1.165) is 19.0 Å². The second-order valence-electron chi connectivity index (χ2n) is 5.63. The molecule has 0 radical (unpaired) electrons. The summed E-state index contributed by atoms with van der Waals surface area (Å²) >= 11 is 4.98. The average molecular weight is 270 g/mol. The second-order valence-corrected chi connectivity index (χ2v) is 6.15. The monoisotopic (exact) mass is 270 g/mol. The molecule has 1 saturated carbocycles. The lowest BCUT2D eigenvalue weighted by Gasteiger charge is -2.34. The smallest absolute Gasteiger partial charge is 0.0740 e. The zero-order valence-corrected chi connectivity index (χ0v) is 12.3. The van der Waals surface area contributed by atoms with E-state index >= 15 is 0 Å². The number of hydrogen-bond donors (Lipinski definition) is 1. The molecule has 0 aromatic rings. The third kappa shape index (κ3) is 4.80. The summed E-state index contributed by atoms with van der Waals surface area (Å²) < 4.78 is 0. The van der Waals surface area contributed by atoms with Gasteiger partial charge in [-0.2, -0.15) is 0 Å². The molecular formula is C13H26N4S. The first-order chi connectivity index (χ1) is 8.65. The highest BCUT2D eigenvalue weighted by Crippen LogP contribution is 2.26. The lowest BCUT2D eigenvalue weighted by molar-refractivity contribution is 0.134. The summed E-state index contributed by atoms with van der Waals surface area (Å²) in [6.45, 7) is 8.26. The first kappa shape index (κ1) is 14.2. The number of piperazine rings is 1. The van der Waals surface area contributed by atoms with Crippen LogP contribution in [0, 0.1) is 0 Å². The van der Waals surface area contributed by atoms with Crippen LogP contribution in [0.4, 0.5) is 0 Å². The van der Waals surface area contributed by atoms with Gasteiger partial charge < -0.3 is 10.6 Å². The van der Waals surface area contributed by atoms with Gasteiger partial charge in [-0.05, 0) is 19.9 Å². The summed E-state index contributed by atoms with van der Waals surface area (Å²) in [5.41, 5.74) is 5.60. The van der Waals surface area contributed by atoms with Gasteiger partial charge in [0.2, 0.25) is 0 Å². The SMILES string of the molecule is CN1CCN(CCN(CCC(N)=S)C2CC2)CC1. The van der Waals surface area contributed by atoms with Gasteiger partial charge in [0, 0.05) is 58.3 Å². The zero-order chi connectivity index (χ0) is 13.0. The van der Waals surface area contributed by atoms with Gasteiger partial charge in [0.15, 0.2) is 0 Å². The quantitative estimate of drug-likeness (QED) is 0.677. The van der Waals surface area contributed by atoms with E-state index in [9.17, 15) is 0 Å². The fourth-order valence-electron chi connectivity index (χ4n) is 2.51. The number of thiocarbonyl (C=S) groups is 1. The maximum absolute atomic E-state index is 5.60. The van der Waals surface area contributed by atoms with Crippen LogP contribution in [0.25, 0.3) is 0 Å². The van der Waals surface area contributed by atoms with Gasteiger partial charge in [0.1, 0.15) is 0 Å². The van der Waals surface area contributed by atoms with Crippen LogP contribution >= 0.6 is 12.2 Å². The fourth-order valence-corrected chi connectivity index (χ4v) is 2.60. The van der Waals surface area contributed by atoms with Gasteiger partial charge >= 0.3 is 0 Å². The minimum atomic E-state index is 0.653. The predicted octanol–water partition coefficient (Wildman–Crippen LogP) is 0.374. The molecule has 1 aliphatic carbocycles. The van der Waals surface area contributed by atoms with Crippen molar-refractivity contribution in [3.63, 3.8) is 0 Å². The third-order valence-electron chi connectivity index (χ3n) is 4.01. The molecule has 1 aliphatic heterocycles. The molecule has 18 heavy (non-hydrogen) atoms. The molecular weight excluding hydrogens is 244 g/mol. The Morgan fingerprint density at radius 3 is 2.44 bits per heavy atom. The molecule has 2 aliphatic rings. The number of rotatable bonds is 7. The molecule has 0 aromatic heterocycles. The maximum Gasteiger partial charge on any atom is 0.0740 e. The van der Waals surface area contributed by atoms with Crippen LogP contribution in [-0.2, 0) is 0 Å². The predicted molar refractivity (Wildman–Crippen MR) is 79.9 cm³/mol. The van der Waals surface area contributed by atoms with Gasteiger partial charge in [0.25, 0.3) is 0 Å². The highest BCUT2D eigenvalue weighted by atomic mass is 32.1. The van der Waals surface area contributed by atoms with Crippen LogP contribution < -0.4 is 5.73 Å². The Kier molecular flexibility index (Phi) is 5.36. The molecule has 2 rings (SSSR count). The Labute approximate surface area is 116 Å². The van der Waals surface area contributed by atoms with Crippen molar-refractivity contribution in [2.75, 3.05) is 52.9 Å². The fraction of sp³-hybridized carbons (Fsp3) is 0.923.